The second-order valence-electron chi connectivity index (χ2n) is 12.3. The van der Waals surface area contributed by atoms with Crippen molar-refractivity contribution in [2.75, 3.05) is 0 Å². The number of nitrogens with zero attached hydrogens (tertiary/aromatic N) is 4. The maximum atomic E-state index is 6.41. The normalized spacial score (nSPS) is 11.6. The van der Waals surface area contributed by atoms with Crippen LogP contribution in [-0.2, 0) is 0 Å². The molecule has 0 aliphatic carbocycles. The minimum Gasteiger partial charge on any atom is -0.456 e. The van der Waals surface area contributed by atoms with Crippen LogP contribution >= 0.6 is 0 Å². The minimum atomic E-state index is 0.558. The summed E-state index contributed by atoms with van der Waals surface area (Å²) < 4.78 is 12.7. The molecule has 234 valence electrons. The first-order valence-electron chi connectivity index (χ1n) is 16.5. The SMILES string of the molecule is c1ccc(-c2ccc3ccc(-c4nc(-c5ccccc5)nc(-c5cccc6oc7cc8nc(-c9ccccc9)oc8cc7c56)n4)cc3c2)cc1. The minimum absolute atomic E-state index is 0.558. The monoisotopic (exact) mass is 642 g/mol. The van der Waals surface area contributed by atoms with Crippen LogP contribution in [0.5, 0.6) is 0 Å². The van der Waals surface area contributed by atoms with Gasteiger partial charge in [0.15, 0.2) is 23.1 Å². The van der Waals surface area contributed by atoms with Crippen LogP contribution in [-0.4, -0.2) is 19.9 Å². The van der Waals surface area contributed by atoms with E-state index in [2.05, 4.69) is 60.7 Å². The second kappa shape index (κ2) is 11.4. The first kappa shape index (κ1) is 28.1. The molecule has 0 aliphatic rings. The van der Waals surface area contributed by atoms with Gasteiger partial charge in [-0.3, -0.25) is 0 Å². The van der Waals surface area contributed by atoms with Gasteiger partial charge in [0.2, 0.25) is 5.89 Å². The van der Waals surface area contributed by atoms with Crippen LogP contribution in [0.25, 0.3) is 101 Å². The molecular formula is C44H26N4O2. The van der Waals surface area contributed by atoms with Gasteiger partial charge < -0.3 is 8.83 Å². The average molecular weight is 643 g/mol. The molecule has 0 saturated heterocycles. The third-order valence-electron chi connectivity index (χ3n) is 9.14. The summed E-state index contributed by atoms with van der Waals surface area (Å²) in [5.74, 6) is 2.32. The van der Waals surface area contributed by atoms with Crippen molar-refractivity contribution in [3.8, 4) is 56.7 Å². The van der Waals surface area contributed by atoms with E-state index in [9.17, 15) is 0 Å². The molecule has 0 unspecified atom stereocenters. The van der Waals surface area contributed by atoms with Crippen molar-refractivity contribution in [3.63, 3.8) is 0 Å². The summed E-state index contributed by atoms with van der Waals surface area (Å²) >= 11 is 0. The maximum Gasteiger partial charge on any atom is 0.227 e. The van der Waals surface area contributed by atoms with Gasteiger partial charge in [0.25, 0.3) is 0 Å². The molecule has 0 bridgehead atoms. The highest BCUT2D eigenvalue weighted by Gasteiger charge is 2.20. The van der Waals surface area contributed by atoms with E-state index in [4.69, 9.17) is 28.8 Å². The third kappa shape index (κ3) is 4.81. The van der Waals surface area contributed by atoms with E-state index in [1.54, 1.807) is 0 Å². The quantitative estimate of drug-likeness (QED) is 0.186. The molecule has 10 rings (SSSR count). The number of hydrogen-bond donors (Lipinski definition) is 0. The maximum absolute atomic E-state index is 6.41. The molecule has 0 radical (unpaired) electrons. The Kier molecular flexibility index (Phi) is 6.39. The predicted octanol–water partition coefficient (Wildman–Crippen LogP) is 11.4. The summed E-state index contributed by atoms with van der Waals surface area (Å²) in [6.07, 6.45) is 0. The van der Waals surface area contributed by atoms with Gasteiger partial charge in [-0.05, 0) is 58.3 Å². The molecular weight excluding hydrogens is 617 g/mol. The van der Waals surface area contributed by atoms with Crippen molar-refractivity contribution in [2.45, 2.75) is 0 Å². The zero-order valence-electron chi connectivity index (χ0n) is 26.6. The number of rotatable bonds is 5. The molecule has 0 spiro atoms. The van der Waals surface area contributed by atoms with Crippen molar-refractivity contribution < 1.29 is 8.83 Å². The molecule has 6 nitrogen and oxygen atoms in total. The first-order chi connectivity index (χ1) is 24.7. The summed E-state index contributed by atoms with van der Waals surface area (Å²) in [7, 11) is 0. The number of furan rings is 1. The third-order valence-corrected chi connectivity index (χ3v) is 9.14. The molecule has 0 fully saturated rings. The lowest BCUT2D eigenvalue weighted by Crippen LogP contribution is -2.00. The van der Waals surface area contributed by atoms with Crippen molar-refractivity contribution in [2.24, 2.45) is 0 Å². The van der Waals surface area contributed by atoms with Crippen LogP contribution in [0, 0.1) is 0 Å². The fourth-order valence-electron chi connectivity index (χ4n) is 6.68. The van der Waals surface area contributed by atoms with Crippen LogP contribution < -0.4 is 0 Å². The first-order valence-corrected chi connectivity index (χ1v) is 16.5. The summed E-state index contributed by atoms with van der Waals surface area (Å²) in [6.45, 7) is 0. The molecule has 0 aliphatic heterocycles. The molecule has 0 saturated carbocycles. The van der Waals surface area contributed by atoms with Crippen LogP contribution in [0.2, 0.25) is 0 Å². The van der Waals surface area contributed by atoms with Gasteiger partial charge in [0.05, 0.1) is 0 Å². The lowest BCUT2D eigenvalue weighted by Gasteiger charge is -2.10. The van der Waals surface area contributed by atoms with Crippen LogP contribution in [0.4, 0.5) is 0 Å². The molecule has 10 aromatic rings. The Bertz CT molecular complexity index is 2860. The fraction of sp³-hybridized carbons (Fsp3) is 0. The van der Waals surface area contributed by atoms with Gasteiger partial charge in [0, 0.05) is 39.1 Å². The molecule has 0 N–H and O–H groups in total. The van der Waals surface area contributed by atoms with Gasteiger partial charge >= 0.3 is 0 Å². The van der Waals surface area contributed by atoms with E-state index >= 15 is 0 Å². The number of hydrogen-bond acceptors (Lipinski definition) is 6. The van der Waals surface area contributed by atoms with Crippen LogP contribution in [0.3, 0.4) is 0 Å². The number of oxazole rings is 1. The smallest absolute Gasteiger partial charge is 0.227 e. The topological polar surface area (TPSA) is 77.8 Å². The molecule has 0 amide bonds. The summed E-state index contributed by atoms with van der Waals surface area (Å²) in [4.78, 5) is 20.0. The zero-order valence-corrected chi connectivity index (χ0v) is 26.6. The standard InChI is InChI=1S/C44H26N4O2/c1-4-11-27(12-5-1)31-21-19-28-20-22-32(24-33(28)23-31)42-46-41(29-13-6-2-7-14-29)47-43(48-42)34-17-10-18-37-40(34)35-25-39-36(26-38(35)49-37)45-44(50-39)30-15-8-3-9-16-30/h1-26H. The van der Waals surface area contributed by atoms with Crippen molar-refractivity contribution in [3.05, 3.63) is 158 Å². The second-order valence-corrected chi connectivity index (χ2v) is 12.3. The van der Waals surface area contributed by atoms with Gasteiger partial charge in [-0.25, -0.2) is 19.9 Å². The summed E-state index contributed by atoms with van der Waals surface area (Å²) in [5.41, 5.74) is 8.78. The zero-order chi connectivity index (χ0) is 33.0. The van der Waals surface area contributed by atoms with Crippen molar-refractivity contribution >= 4 is 43.8 Å². The molecule has 6 heteroatoms. The highest BCUT2D eigenvalue weighted by Crippen LogP contribution is 2.39. The highest BCUT2D eigenvalue weighted by atomic mass is 16.4. The van der Waals surface area contributed by atoms with E-state index in [0.717, 1.165) is 60.5 Å². The van der Waals surface area contributed by atoms with Gasteiger partial charge in [-0.15, -0.1) is 0 Å². The fourth-order valence-corrected chi connectivity index (χ4v) is 6.68. The van der Waals surface area contributed by atoms with E-state index in [1.165, 1.54) is 5.56 Å². The Morgan fingerprint density at radius 1 is 0.360 bits per heavy atom. The van der Waals surface area contributed by atoms with Gasteiger partial charge in [-0.2, -0.15) is 0 Å². The Labute approximate surface area is 286 Å². The van der Waals surface area contributed by atoms with Crippen molar-refractivity contribution in [1.29, 1.82) is 0 Å². The summed E-state index contributed by atoms with van der Waals surface area (Å²) in [5, 5.41) is 4.07. The number of aromatic nitrogens is 4. The van der Waals surface area contributed by atoms with Gasteiger partial charge in [0.1, 0.15) is 16.7 Å². The summed E-state index contributed by atoms with van der Waals surface area (Å²) in [6, 6.07) is 53.2. The lowest BCUT2D eigenvalue weighted by atomic mass is 9.99. The van der Waals surface area contributed by atoms with Crippen LogP contribution in [0.1, 0.15) is 0 Å². The Morgan fingerprint density at radius 3 is 1.76 bits per heavy atom. The van der Waals surface area contributed by atoms with E-state index in [1.807, 2.05) is 97.1 Å². The van der Waals surface area contributed by atoms with Crippen LogP contribution in [0.15, 0.2) is 167 Å². The Balaban J connectivity index is 1.16. The molecule has 7 aromatic carbocycles. The highest BCUT2D eigenvalue weighted by molar-refractivity contribution is 6.14. The van der Waals surface area contributed by atoms with E-state index < -0.39 is 0 Å². The Morgan fingerprint density at radius 2 is 1.00 bits per heavy atom. The predicted molar refractivity (Wildman–Crippen MR) is 199 cm³/mol. The Hall–Kier alpha value is -6.92. The number of benzene rings is 7. The molecule has 3 heterocycles. The number of fused-ring (bicyclic) bond motifs is 5. The molecule has 50 heavy (non-hydrogen) atoms. The molecule has 3 aromatic heterocycles. The molecule has 0 atom stereocenters. The lowest BCUT2D eigenvalue weighted by molar-refractivity contribution is 0.620. The average Bonchev–Trinajstić information content (AvgIpc) is 3.78. The van der Waals surface area contributed by atoms with E-state index in [0.29, 0.717) is 34.5 Å². The van der Waals surface area contributed by atoms with Crippen molar-refractivity contribution in [1.82, 2.24) is 19.9 Å². The van der Waals surface area contributed by atoms with Gasteiger partial charge in [-0.1, -0.05) is 115 Å². The van der Waals surface area contributed by atoms with E-state index in [-0.39, 0.29) is 0 Å². The largest absolute Gasteiger partial charge is 0.456 e.